The van der Waals surface area contributed by atoms with Crippen molar-refractivity contribution in [3.05, 3.63) is 69.3 Å². The Morgan fingerprint density at radius 2 is 1.78 bits per heavy atom. The molecule has 0 fully saturated rings. The second-order valence-corrected chi connectivity index (χ2v) is 6.54. The van der Waals surface area contributed by atoms with E-state index in [0.29, 0.717) is 5.69 Å². The molecule has 2 aromatic carbocycles. The van der Waals surface area contributed by atoms with Gasteiger partial charge in [0.05, 0.1) is 10.5 Å². The van der Waals surface area contributed by atoms with Crippen molar-refractivity contribution in [2.45, 2.75) is 39.7 Å². The first kappa shape index (κ1) is 20.1. The van der Waals surface area contributed by atoms with E-state index in [4.69, 9.17) is 4.74 Å². The molecule has 1 amide bonds. The Labute approximate surface area is 157 Å². The number of carbonyl (C=O) groups is 2. The highest BCUT2D eigenvalue weighted by Crippen LogP contribution is 2.27. The van der Waals surface area contributed by atoms with Crippen LogP contribution in [-0.2, 0) is 9.53 Å². The van der Waals surface area contributed by atoms with Gasteiger partial charge in [0.15, 0.2) is 6.10 Å². The zero-order valence-corrected chi connectivity index (χ0v) is 15.7. The Kier molecular flexibility index (Phi) is 6.28. The van der Waals surface area contributed by atoms with Gasteiger partial charge in [0, 0.05) is 17.8 Å². The number of nitro groups is 1. The summed E-state index contributed by atoms with van der Waals surface area (Å²) in [4.78, 5) is 34.9. The van der Waals surface area contributed by atoms with Gasteiger partial charge in [0.25, 0.3) is 11.6 Å². The summed E-state index contributed by atoms with van der Waals surface area (Å²) in [5.74, 6) is -1.05. The van der Waals surface area contributed by atoms with E-state index in [-0.39, 0.29) is 17.2 Å². The summed E-state index contributed by atoms with van der Waals surface area (Å²) in [6, 6.07) is 10.9. The molecule has 0 unspecified atom stereocenters. The lowest BCUT2D eigenvalue weighted by atomic mass is 9.98. The number of nitrogens with one attached hydrogen (secondary N) is 1. The number of benzene rings is 2. The molecule has 0 saturated carbocycles. The molecular formula is C20H22N2O5. The normalized spacial score (nSPS) is 11.7. The average molecular weight is 370 g/mol. The molecular weight excluding hydrogens is 348 g/mol. The minimum absolute atomic E-state index is 0.0163. The molecule has 1 atom stereocenters. The number of aryl methyl sites for hydroxylation is 1. The van der Waals surface area contributed by atoms with Crippen molar-refractivity contribution in [3.63, 3.8) is 0 Å². The smallest absolute Gasteiger partial charge is 0.339 e. The molecule has 7 nitrogen and oxygen atoms in total. The van der Waals surface area contributed by atoms with Crippen molar-refractivity contribution < 1.29 is 19.2 Å². The molecule has 142 valence electrons. The van der Waals surface area contributed by atoms with Gasteiger partial charge in [0.1, 0.15) is 0 Å². The minimum Gasteiger partial charge on any atom is -0.449 e. The predicted octanol–water partition coefficient (Wildman–Crippen LogP) is 4.21. The van der Waals surface area contributed by atoms with Gasteiger partial charge in [-0.15, -0.1) is 0 Å². The maximum Gasteiger partial charge on any atom is 0.339 e. The molecule has 0 spiro atoms. The summed E-state index contributed by atoms with van der Waals surface area (Å²) in [7, 11) is 0. The molecule has 0 aliphatic rings. The van der Waals surface area contributed by atoms with Crippen LogP contribution in [0.3, 0.4) is 0 Å². The van der Waals surface area contributed by atoms with Crippen LogP contribution in [0.1, 0.15) is 48.2 Å². The lowest BCUT2D eigenvalue weighted by molar-refractivity contribution is -0.384. The number of non-ortho nitro benzene ring substituents is 1. The van der Waals surface area contributed by atoms with Gasteiger partial charge in [-0.1, -0.05) is 38.1 Å². The van der Waals surface area contributed by atoms with E-state index in [2.05, 4.69) is 5.32 Å². The Bertz CT molecular complexity index is 876. The Morgan fingerprint density at radius 3 is 2.41 bits per heavy atom. The van der Waals surface area contributed by atoms with Crippen LogP contribution in [0.2, 0.25) is 0 Å². The fraction of sp³-hybridized carbons (Fsp3) is 0.300. The Morgan fingerprint density at radius 1 is 1.11 bits per heavy atom. The van der Waals surface area contributed by atoms with Crippen molar-refractivity contribution in [3.8, 4) is 0 Å². The third-order valence-electron chi connectivity index (χ3n) is 4.12. The first-order valence-electron chi connectivity index (χ1n) is 8.56. The minimum atomic E-state index is -1.06. The van der Waals surface area contributed by atoms with Gasteiger partial charge < -0.3 is 10.1 Å². The molecule has 7 heteroatoms. The fourth-order valence-electron chi connectivity index (χ4n) is 2.60. The number of nitrogens with zero attached hydrogens (tertiary/aromatic N) is 1. The van der Waals surface area contributed by atoms with E-state index in [1.807, 2.05) is 39.0 Å². The van der Waals surface area contributed by atoms with E-state index in [0.717, 1.165) is 17.2 Å². The van der Waals surface area contributed by atoms with Gasteiger partial charge in [-0.2, -0.15) is 0 Å². The van der Waals surface area contributed by atoms with Crippen molar-refractivity contribution in [1.29, 1.82) is 0 Å². The number of hydrogen-bond acceptors (Lipinski definition) is 5. The van der Waals surface area contributed by atoms with Crippen LogP contribution in [0, 0.1) is 17.0 Å². The first-order chi connectivity index (χ1) is 12.7. The summed E-state index contributed by atoms with van der Waals surface area (Å²) in [6.07, 6.45) is -1.06. The summed E-state index contributed by atoms with van der Waals surface area (Å²) in [5.41, 5.74) is 2.40. The maximum absolute atomic E-state index is 12.5. The molecule has 0 radical (unpaired) electrons. The monoisotopic (exact) mass is 370 g/mol. The van der Waals surface area contributed by atoms with Crippen LogP contribution in [0.4, 0.5) is 11.4 Å². The van der Waals surface area contributed by atoms with Crippen LogP contribution in [0.5, 0.6) is 0 Å². The van der Waals surface area contributed by atoms with Crippen molar-refractivity contribution in [2.24, 2.45) is 0 Å². The maximum atomic E-state index is 12.5. The molecule has 0 bridgehead atoms. The van der Waals surface area contributed by atoms with Crippen LogP contribution in [0.25, 0.3) is 0 Å². The number of hydrogen-bond donors (Lipinski definition) is 1. The molecule has 0 aliphatic carbocycles. The van der Waals surface area contributed by atoms with Gasteiger partial charge in [0.2, 0.25) is 0 Å². The average Bonchev–Trinajstić information content (AvgIpc) is 2.62. The van der Waals surface area contributed by atoms with Gasteiger partial charge in [-0.3, -0.25) is 14.9 Å². The number of carbonyl (C=O) groups excluding carboxylic acids is 2. The third kappa shape index (κ3) is 4.91. The highest BCUT2D eigenvalue weighted by atomic mass is 16.6. The first-order valence-corrected chi connectivity index (χ1v) is 8.56. The summed E-state index contributed by atoms with van der Waals surface area (Å²) >= 11 is 0. The van der Waals surface area contributed by atoms with Crippen LogP contribution < -0.4 is 5.32 Å². The zero-order chi connectivity index (χ0) is 20.1. The van der Waals surface area contributed by atoms with Crippen molar-refractivity contribution in [2.75, 3.05) is 5.32 Å². The van der Waals surface area contributed by atoms with E-state index in [1.54, 1.807) is 0 Å². The van der Waals surface area contributed by atoms with Gasteiger partial charge in [-0.05, 0) is 37.0 Å². The van der Waals surface area contributed by atoms with E-state index < -0.39 is 22.9 Å². The number of anilines is 1. The Hall–Kier alpha value is -3.22. The number of ether oxygens (including phenoxy) is 1. The molecule has 0 heterocycles. The fourth-order valence-corrected chi connectivity index (χ4v) is 2.60. The Balaban J connectivity index is 2.12. The number of rotatable bonds is 6. The lowest BCUT2D eigenvalue weighted by Gasteiger charge is -2.19. The largest absolute Gasteiger partial charge is 0.449 e. The molecule has 0 aromatic heterocycles. The quantitative estimate of drug-likeness (QED) is 0.466. The topological polar surface area (TPSA) is 98.5 Å². The number of nitro benzene ring substituents is 1. The summed E-state index contributed by atoms with van der Waals surface area (Å²) in [5, 5.41) is 13.6. The van der Waals surface area contributed by atoms with Gasteiger partial charge in [-0.25, -0.2) is 4.79 Å². The van der Waals surface area contributed by atoms with Gasteiger partial charge >= 0.3 is 5.97 Å². The number of para-hydroxylation sites is 1. The highest BCUT2D eigenvalue weighted by Gasteiger charge is 2.22. The zero-order valence-electron chi connectivity index (χ0n) is 15.7. The van der Waals surface area contributed by atoms with E-state index in [1.165, 1.54) is 25.1 Å². The van der Waals surface area contributed by atoms with Crippen molar-refractivity contribution in [1.82, 2.24) is 0 Å². The molecule has 0 aliphatic heterocycles. The van der Waals surface area contributed by atoms with Crippen LogP contribution in [0.15, 0.2) is 42.5 Å². The van der Waals surface area contributed by atoms with Crippen LogP contribution in [-0.4, -0.2) is 22.9 Å². The van der Waals surface area contributed by atoms with E-state index in [9.17, 15) is 19.7 Å². The van der Waals surface area contributed by atoms with E-state index >= 15 is 0 Å². The number of amides is 1. The molecule has 0 saturated heterocycles. The SMILES string of the molecule is Cc1cccc(C(C)C)c1NC(=O)[C@H](C)OC(=O)c1cccc([N+](=O)[O-])c1. The van der Waals surface area contributed by atoms with Crippen LogP contribution >= 0.6 is 0 Å². The standard InChI is InChI=1S/C20H22N2O5/c1-12(2)17-10-5-7-13(3)18(17)21-19(23)14(4)27-20(24)15-8-6-9-16(11-15)22(25)26/h5-12,14H,1-4H3,(H,21,23)/t14-/m0/s1. The summed E-state index contributed by atoms with van der Waals surface area (Å²) < 4.78 is 5.17. The predicted molar refractivity (Wildman–Crippen MR) is 102 cm³/mol. The van der Waals surface area contributed by atoms with Crippen molar-refractivity contribution >= 4 is 23.3 Å². The second kappa shape index (κ2) is 8.44. The molecule has 2 rings (SSSR count). The third-order valence-corrected chi connectivity index (χ3v) is 4.12. The molecule has 2 aromatic rings. The lowest BCUT2D eigenvalue weighted by Crippen LogP contribution is -2.30. The molecule has 27 heavy (non-hydrogen) atoms. The molecule has 1 N–H and O–H groups in total. The highest BCUT2D eigenvalue weighted by molar-refractivity contribution is 5.98. The number of esters is 1. The second-order valence-electron chi connectivity index (χ2n) is 6.54. The summed E-state index contributed by atoms with van der Waals surface area (Å²) in [6.45, 7) is 7.39.